The molecule has 2 rings (SSSR count). The molecule has 1 saturated carbocycles. The second-order valence-electron chi connectivity index (χ2n) is 6.97. The second-order valence-corrected chi connectivity index (χ2v) is 6.97. The molecule has 1 aliphatic heterocycles. The van der Waals surface area contributed by atoms with Crippen molar-refractivity contribution < 1.29 is 4.74 Å². The summed E-state index contributed by atoms with van der Waals surface area (Å²) in [6.45, 7) is 10.2. The van der Waals surface area contributed by atoms with Gasteiger partial charge in [0, 0.05) is 12.6 Å². The third-order valence-corrected chi connectivity index (χ3v) is 5.05. The van der Waals surface area contributed by atoms with E-state index in [0.29, 0.717) is 6.10 Å². The summed E-state index contributed by atoms with van der Waals surface area (Å²) in [5.74, 6) is 1.97. The van der Waals surface area contributed by atoms with Crippen LogP contribution in [0.2, 0.25) is 0 Å². The number of likely N-dealkylation sites (tertiary alicyclic amines) is 1. The molecule has 2 heteroatoms. The fourth-order valence-electron chi connectivity index (χ4n) is 3.72. The van der Waals surface area contributed by atoms with E-state index in [0.717, 1.165) is 24.5 Å². The Morgan fingerprint density at radius 1 is 1.05 bits per heavy atom. The lowest BCUT2D eigenvalue weighted by molar-refractivity contribution is 0.0292. The first-order valence-corrected chi connectivity index (χ1v) is 8.54. The SMILES string of the molecule is CCCC1CC(N2CCC(CCOC(C)C)CC2)C1. The highest BCUT2D eigenvalue weighted by Crippen LogP contribution is 2.36. The van der Waals surface area contributed by atoms with Gasteiger partial charge in [0.25, 0.3) is 0 Å². The molecule has 2 nitrogen and oxygen atoms in total. The average molecular weight is 267 g/mol. The minimum Gasteiger partial charge on any atom is -0.379 e. The predicted octanol–water partition coefficient (Wildman–Crippen LogP) is 4.09. The second kappa shape index (κ2) is 7.64. The van der Waals surface area contributed by atoms with Crippen LogP contribution in [0.3, 0.4) is 0 Å². The minimum absolute atomic E-state index is 0.394. The molecule has 0 atom stereocenters. The topological polar surface area (TPSA) is 12.5 Å². The fourth-order valence-corrected chi connectivity index (χ4v) is 3.72. The van der Waals surface area contributed by atoms with Crippen LogP contribution in [-0.2, 0) is 4.74 Å². The molecule has 1 heterocycles. The highest BCUT2D eigenvalue weighted by atomic mass is 16.5. The van der Waals surface area contributed by atoms with Gasteiger partial charge in [0.2, 0.25) is 0 Å². The molecular formula is C17H33NO. The first-order chi connectivity index (χ1) is 9.19. The van der Waals surface area contributed by atoms with Gasteiger partial charge < -0.3 is 9.64 Å². The summed E-state index contributed by atoms with van der Waals surface area (Å²) in [5.41, 5.74) is 0. The van der Waals surface area contributed by atoms with Crippen molar-refractivity contribution in [2.24, 2.45) is 11.8 Å². The van der Waals surface area contributed by atoms with Gasteiger partial charge in [0.1, 0.15) is 0 Å². The fraction of sp³-hybridized carbons (Fsp3) is 1.00. The largest absolute Gasteiger partial charge is 0.379 e. The molecule has 0 radical (unpaired) electrons. The van der Waals surface area contributed by atoms with E-state index in [4.69, 9.17) is 4.74 Å². The maximum Gasteiger partial charge on any atom is 0.0518 e. The molecule has 0 bridgehead atoms. The molecule has 2 aliphatic rings. The van der Waals surface area contributed by atoms with Crippen LogP contribution in [-0.4, -0.2) is 36.7 Å². The van der Waals surface area contributed by atoms with Crippen molar-refractivity contribution in [1.29, 1.82) is 0 Å². The molecule has 0 aromatic carbocycles. The Balaban J connectivity index is 1.56. The lowest BCUT2D eigenvalue weighted by Gasteiger charge is -2.46. The summed E-state index contributed by atoms with van der Waals surface area (Å²) >= 11 is 0. The van der Waals surface area contributed by atoms with Gasteiger partial charge in [-0.15, -0.1) is 0 Å². The van der Waals surface area contributed by atoms with Crippen LogP contribution in [0.4, 0.5) is 0 Å². The van der Waals surface area contributed by atoms with Gasteiger partial charge in [-0.3, -0.25) is 0 Å². The van der Waals surface area contributed by atoms with Crippen LogP contribution >= 0.6 is 0 Å². The Morgan fingerprint density at radius 3 is 2.32 bits per heavy atom. The van der Waals surface area contributed by atoms with Crippen molar-refractivity contribution in [1.82, 2.24) is 4.90 Å². The van der Waals surface area contributed by atoms with Gasteiger partial charge in [-0.05, 0) is 70.9 Å². The zero-order valence-electron chi connectivity index (χ0n) is 13.2. The summed E-state index contributed by atoms with van der Waals surface area (Å²) in [4.78, 5) is 2.77. The van der Waals surface area contributed by atoms with E-state index in [1.165, 1.54) is 58.0 Å². The highest BCUT2D eigenvalue weighted by Gasteiger charge is 2.34. The Hall–Kier alpha value is -0.0800. The zero-order valence-corrected chi connectivity index (χ0v) is 13.2. The predicted molar refractivity (Wildman–Crippen MR) is 81.4 cm³/mol. The number of hydrogen-bond donors (Lipinski definition) is 0. The maximum atomic E-state index is 5.68. The molecular weight excluding hydrogens is 234 g/mol. The van der Waals surface area contributed by atoms with Crippen molar-refractivity contribution in [2.75, 3.05) is 19.7 Å². The Bertz CT molecular complexity index is 240. The molecule has 112 valence electrons. The standard InChI is InChI=1S/C17H33NO/c1-4-5-16-12-17(13-16)18-9-6-15(7-10-18)8-11-19-14(2)3/h14-17H,4-13H2,1-3H3. The van der Waals surface area contributed by atoms with Crippen LogP contribution in [0.25, 0.3) is 0 Å². The van der Waals surface area contributed by atoms with E-state index >= 15 is 0 Å². The number of nitrogens with zero attached hydrogens (tertiary/aromatic N) is 1. The van der Waals surface area contributed by atoms with E-state index in [9.17, 15) is 0 Å². The number of ether oxygens (including phenoxy) is 1. The molecule has 0 unspecified atom stereocenters. The van der Waals surface area contributed by atoms with Crippen LogP contribution < -0.4 is 0 Å². The van der Waals surface area contributed by atoms with E-state index in [2.05, 4.69) is 25.7 Å². The monoisotopic (exact) mass is 267 g/mol. The molecule has 1 aliphatic carbocycles. The number of rotatable bonds is 7. The lowest BCUT2D eigenvalue weighted by Crippen LogP contribution is -2.48. The normalized spacial score (nSPS) is 29.7. The molecule has 1 saturated heterocycles. The lowest BCUT2D eigenvalue weighted by atomic mass is 9.76. The summed E-state index contributed by atoms with van der Waals surface area (Å²) in [6.07, 6.45) is 10.3. The Morgan fingerprint density at radius 2 is 1.74 bits per heavy atom. The highest BCUT2D eigenvalue weighted by molar-refractivity contribution is 4.89. The van der Waals surface area contributed by atoms with Crippen molar-refractivity contribution >= 4 is 0 Å². The summed E-state index contributed by atoms with van der Waals surface area (Å²) < 4.78 is 5.68. The smallest absolute Gasteiger partial charge is 0.0518 e. The van der Waals surface area contributed by atoms with Gasteiger partial charge in [0.15, 0.2) is 0 Å². The van der Waals surface area contributed by atoms with Crippen molar-refractivity contribution in [3.63, 3.8) is 0 Å². The van der Waals surface area contributed by atoms with Crippen LogP contribution in [0.15, 0.2) is 0 Å². The molecule has 0 aromatic rings. The van der Waals surface area contributed by atoms with Crippen LogP contribution in [0.5, 0.6) is 0 Å². The van der Waals surface area contributed by atoms with Crippen molar-refractivity contribution in [3.05, 3.63) is 0 Å². The van der Waals surface area contributed by atoms with Gasteiger partial charge in [-0.1, -0.05) is 19.8 Å². The first kappa shape index (κ1) is 15.3. The van der Waals surface area contributed by atoms with Gasteiger partial charge >= 0.3 is 0 Å². The average Bonchev–Trinajstić information content (AvgIpc) is 2.34. The van der Waals surface area contributed by atoms with E-state index in [1.807, 2.05) is 0 Å². The van der Waals surface area contributed by atoms with Gasteiger partial charge in [-0.2, -0.15) is 0 Å². The summed E-state index contributed by atoms with van der Waals surface area (Å²) in [6, 6.07) is 0.935. The van der Waals surface area contributed by atoms with E-state index < -0.39 is 0 Å². The van der Waals surface area contributed by atoms with E-state index in [1.54, 1.807) is 0 Å². The Kier molecular flexibility index (Phi) is 6.15. The zero-order chi connectivity index (χ0) is 13.7. The number of hydrogen-bond acceptors (Lipinski definition) is 2. The van der Waals surface area contributed by atoms with Crippen LogP contribution in [0.1, 0.15) is 65.7 Å². The minimum atomic E-state index is 0.394. The molecule has 0 N–H and O–H groups in total. The van der Waals surface area contributed by atoms with Crippen LogP contribution in [0, 0.1) is 11.8 Å². The first-order valence-electron chi connectivity index (χ1n) is 8.54. The van der Waals surface area contributed by atoms with E-state index in [-0.39, 0.29) is 0 Å². The quantitative estimate of drug-likeness (QED) is 0.689. The summed E-state index contributed by atoms with van der Waals surface area (Å²) in [7, 11) is 0. The van der Waals surface area contributed by atoms with Crippen molar-refractivity contribution in [2.45, 2.75) is 77.9 Å². The van der Waals surface area contributed by atoms with Crippen molar-refractivity contribution in [3.8, 4) is 0 Å². The third-order valence-electron chi connectivity index (χ3n) is 5.05. The number of piperidine rings is 1. The third kappa shape index (κ3) is 4.75. The maximum absolute atomic E-state index is 5.68. The molecule has 0 aromatic heterocycles. The molecule has 2 fully saturated rings. The molecule has 19 heavy (non-hydrogen) atoms. The van der Waals surface area contributed by atoms with Gasteiger partial charge in [-0.25, -0.2) is 0 Å². The summed E-state index contributed by atoms with van der Waals surface area (Å²) in [5, 5.41) is 0. The molecule has 0 spiro atoms. The van der Waals surface area contributed by atoms with Gasteiger partial charge in [0.05, 0.1) is 6.10 Å². The Labute approximate surface area is 119 Å². The molecule has 0 amide bonds.